The standard InChI is InChI=1S/C12H15N3O4S/c1-17-12(16)8(13)4-6-20-7-10-14-15-11(19-10)9-3-2-5-18-9/h2-3,5,8H,4,6-7,13H2,1H3. The summed E-state index contributed by atoms with van der Waals surface area (Å²) in [6.45, 7) is 0. The summed E-state index contributed by atoms with van der Waals surface area (Å²) in [6, 6.07) is 2.91. The van der Waals surface area contributed by atoms with Gasteiger partial charge < -0.3 is 19.3 Å². The summed E-state index contributed by atoms with van der Waals surface area (Å²) >= 11 is 1.56. The van der Waals surface area contributed by atoms with Crippen molar-refractivity contribution in [2.45, 2.75) is 18.2 Å². The van der Waals surface area contributed by atoms with Crippen molar-refractivity contribution in [1.82, 2.24) is 10.2 Å². The molecule has 7 nitrogen and oxygen atoms in total. The van der Waals surface area contributed by atoms with Crippen molar-refractivity contribution in [2.75, 3.05) is 12.9 Å². The Kier molecular flexibility index (Phi) is 5.19. The van der Waals surface area contributed by atoms with E-state index in [1.54, 1.807) is 30.2 Å². The molecule has 0 spiro atoms. The van der Waals surface area contributed by atoms with Crippen LogP contribution in [-0.2, 0) is 15.3 Å². The van der Waals surface area contributed by atoms with Crippen LogP contribution in [0.5, 0.6) is 0 Å². The third-order valence-corrected chi connectivity index (χ3v) is 3.48. The van der Waals surface area contributed by atoms with Crippen LogP contribution in [0, 0.1) is 0 Å². The molecule has 2 aromatic heterocycles. The van der Waals surface area contributed by atoms with Crippen molar-refractivity contribution in [2.24, 2.45) is 5.73 Å². The zero-order valence-corrected chi connectivity index (χ0v) is 11.8. The van der Waals surface area contributed by atoms with E-state index in [9.17, 15) is 4.79 Å². The molecule has 2 aromatic rings. The van der Waals surface area contributed by atoms with E-state index in [1.165, 1.54) is 7.11 Å². The summed E-state index contributed by atoms with van der Waals surface area (Å²) in [6.07, 6.45) is 2.08. The van der Waals surface area contributed by atoms with Crippen molar-refractivity contribution in [3.8, 4) is 11.7 Å². The van der Waals surface area contributed by atoms with E-state index in [0.717, 1.165) is 0 Å². The molecule has 1 unspecified atom stereocenters. The first-order chi connectivity index (χ1) is 9.70. The summed E-state index contributed by atoms with van der Waals surface area (Å²) in [5, 5.41) is 7.81. The summed E-state index contributed by atoms with van der Waals surface area (Å²) in [7, 11) is 1.32. The molecule has 2 heterocycles. The number of nitrogens with zero attached hydrogens (tertiary/aromatic N) is 2. The second-order valence-electron chi connectivity index (χ2n) is 3.95. The molecule has 0 bridgehead atoms. The lowest BCUT2D eigenvalue weighted by molar-refractivity contribution is -0.142. The first-order valence-corrected chi connectivity index (χ1v) is 7.13. The van der Waals surface area contributed by atoms with Gasteiger partial charge in [-0.1, -0.05) is 0 Å². The molecule has 0 aromatic carbocycles. The molecule has 0 saturated carbocycles. The number of carbonyl (C=O) groups is 1. The molecule has 2 rings (SSSR count). The number of nitrogens with two attached hydrogens (primary N) is 1. The zero-order chi connectivity index (χ0) is 14.4. The van der Waals surface area contributed by atoms with Crippen LogP contribution in [0.15, 0.2) is 27.2 Å². The molecule has 0 aliphatic heterocycles. The van der Waals surface area contributed by atoms with Crippen LogP contribution in [0.25, 0.3) is 11.7 Å². The molecule has 8 heteroatoms. The van der Waals surface area contributed by atoms with Gasteiger partial charge in [0.2, 0.25) is 5.89 Å². The van der Waals surface area contributed by atoms with Crippen LogP contribution in [0.1, 0.15) is 12.3 Å². The first kappa shape index (κ1) is 14.6. The molecule has 1 atom stereocenters. The van der Waals surface area contributed by atoms with Gasteiger partial charge in [-0.3, -0.25) is 4.79 Å². The smallest absolute Gasteiger partial charge is 0.322 e. The maximum Gasteiger partial charge on any atom is 0.322 e. The Labute approximate surface area is 119 Å². The number of methoxy groups -OCH3 is 1. The predicted octanol–water partition coefficient (Wildman–Crippen LogP) is 1.45. The number of ether oxygens (including phenoxy) is 1. The zero-order valence-electron chi connectivity index (χ0n) is 10.9. The van der Waals surface area contributed by atoms with E-state index in [0.29, 0.717) is 35.5 Å². The summed E-state index contributed by atoms with van der Waals surface area (Å²) in [4.78, 5) is 11.1. The van der Waals surface area contributed by atoms with Gasteiger partial charge in [-0.25, -0.2) is 0 Å². The Morgan fingerprint density at radius 3 is 3.10 bits per heavy atom. The molecule has 2 N–H and O–H groups in total. The lowest BCUT2D eigenvalue weighted by Crippen LogP contribution is -2.31. The number of aromatic nitrogens is 2. The minimum absolute atomic E-state index is 0.358. The predicted molar refractivity (Wildman–Crippen MR) is 72.8 cm³/mol. The fourth-order valence-corrected chi connectivity index (χ4v) is 2.31. The monoisotopic (exact) mass is 297 g/mol. The number of furan rings is 1. The second kappa shape index (κ2) is 7.11. The van der Waals surface area contributed by atoms with Crippen LogP contribution in [-0.4, -0.2) is 35.1 Å². The minimum atomic E-state index is -0.589. The Bertz CT molecular complexity index is 541. The molecule has 0 aliphatic carbocycles. The number of esters is 1. The minimum Gasteiger partial charge on any atom is -0.468 e. The molecule has 108 valence electrons. The van der Waals surface area contributed by atoms with Crippen LogP contribution in [0.4, 0.5) is 0 Å². The number of thioether (sulfide) groups is 1. The van der Waals surface area contributed by atoms with Gasteiger partial charge in [-0.15, -0.1) is 10.2 Å². The molecule has 0 radical (unpaired) electrons. The van der Waals surface area contributed by atoms with Crippen LogP contribution in [0.2, 0.25) is 0 Å². The van der Waals surface area contributed by atoms with Crippen LogP contribution in [0.3, 0.4) is 0 Å². The van der Waals surface area contributed by atoms with Gasteiger partial charge in [-0.2, -0.15) is 11.8 Å². The Balaban J connectivity index is 1.74. The molecular weight excluding hydrogens is 282 g/mol. The average molecular weight is 297 g/mol. The first-order valence-electron chi connectivity index (χ1n) is 5.98. The SMILES string of the molecule is COC(=O)C(N)CCSCc1nnc(-c2ccco2)o1. The molecule has 20 heavy (non-hydrogen) atoms. The molecule has 0 amide bonds. The van der Waals surface area contributed by atoms with E-state index in [-0.39, 0.29) is 0 Å². The van der Waals surface area contributed by atoms with E-state index in [2.05, 4.69) is 14.9 Å². The summed E-state index contributed by atoms with van der Waals surface area (Å²) in [5.41, 5.74) is 5.62. The lowest BCUT2D eigenvalue weighted by Gasteiger charge is -2.07. The topological polar surface area (TPSA) is 104 Å². The largest absolute Gasteiger partial charge is 0.468 e. The van der Waals surface area contributed by atoms with Crippen molar-refractivity contribution in [3.05, 3.63) is 24.3 Å². The maximum atomic E-state index is 11.1. The van der Waals surface area contributed by atoms with Crippen molar-refractivity contribution in [3.63, 3.8) is 0 Å². The quantitative estimate of drug-likeness (QED) is 0.605. The number of hydrogen-bond donors (Lipinski definition) is 1. The Morgan fingerprint density at radius 2 is 2.40 bits per heavy atom. The third kappa shape index (κ3) is 3.84. The van der Waals surface area contributed by atoms with E-state index >= 15 is 0 Å². The molecule has 0 aliphatic rings. The normalized spacial score (nSPS) is 12.3. The third-order valence-electron chi connectivity index (χ3n) is 2.50. The summed E-state index contributed by atoms with van der Waals surface area (Å²) in [5.74, 6) is 2.27. The van der Waals surface area contributed by atoms with E-state index in [4.69, 9.17) is 14.6 Å². The highest BCUT2D eigenvalue weighted by molar-refractivity contribution is 7.98. The van der Waals surface area contributed by atoms with Crippen molar-refractivity contribution < 1.29 is 18.4 Å². The van der Waals surface area contributed by atoms with Gasteiger partial charge in [0.25, 0.3) is 5.89 Å². The lowest BCUT2D eigenvalue weighted by atomic mass is 10.2. The van der Waals surface area contributed by atoms with Gasteiger partial charge >= 0.3 is 5.97 Å². The number of rotatable bonds is 7. The van der Waals surface area contributed by atoms with Crippen LogP contribution >= 0.6 is 11.8 Å². The highest BCUT2D eigenvalue weighted by Crippen LogP contribution is 2.20. The highest BCUT2D eigenvalue weighted by atomic mass is 32.2. The number of hydrogen-bond acceptors (Lipinski definition) is 8. The maximum absolute atomic E-state index is 11.1. The Morgan fingerprint density at radius 1 is 1.55 bits per heavy atom. The Hall–Kier alpha value is -1.80. The molecule has 0 fully saturated rings. The fraction of sp³-hybridized carbons (Fsp3) is 0.417. The van der Waals surface area contributed by atoms with Crippen molar-refractivity contribution in [1.29, 1.82) is 0 Å². The van der Waals surface area contributed by atoms with E-state index in [1.807, 2.05) is 0 Å². The molecule has 0 saturated heterocycles. The van der Waals surface area contributed by atoms with Gasteiger partial charge in [0.15, 0.2) is 5.76 Å². The average Bonchev–Trinajstić information content (AvgIpc) is 3.12. The summed E-state index contributed by atoms with van der Waals surface area (Å²) < 4.78 is 15.1. The van der Waals surface area contributed by atoms with Crippen molar-refractivity contribution >= 4 is 17.7 Å². The fourth-order valence-electron chi connectivity index (χ4n) is 1.45. The highest BCUT2D eigenvalue weighted by Gasteiger charge is 2.14. The molecular formula is C12H15N3O4S. The number of carbonyl (C=O) groups excluding carboxylic acids is 1. The van der Waals surface area contributed by atoms with Gasteiger partial charge in [0, 0.05) is 0 Å². The van der Waals surface area contributed by atoms with Gasteiger partial charge in [-0.05, 0) is 24.3 Å². The van der Waals surface area contributed by atoms with E-state index < -0.39 is 12.0 Å². The van der Waals surface area contributed by atoms with Gasteiger partial charge in [0.1, 0.15) is 6.04 Å². The van der Waals surface area contributed by atoms with Crippen LogP contribution < -0.4 is 5.73 Å². The van der Waals surface area contributed by atoms with Gasteiger partial charge in [0.05, 0.1) is 19.1 Å². The second-order valence-corrected chi connectivity index (χ2v) is 5.05.